The van der Waals surface area contributed by atoms with Crippen molar-refractivity contribution in [3.63, 3.8) is 0 Å². The van der Waals surface area contributed by atoms with Crippen molar-refractivity contribution >= 4 is 5.78 Å². The molecule has 0 aromatic heterocycles. The zero-order chi connectivity index (χ0) is 11.0. The molecular weight excluding hydrogens is 172 g/mol. The molecule has 0 saturated carbocycles. The summed E-state index contributed by atoms with van der Waals surface area (Å²) in [4.78, 5) is 11.6. The standard InChI is InChI=1S/C13H24O/c1-5-6-7-8-9-10-13(14)12(4)11(2)3/h5-10H2,1-4H3. The van der Waals surface area contributed by atoms with Gasteiger partial charge in [-0.1, -0.05) is 38.2 Å². The minimum Gasteiger partial charge on any atom is -0.295 e. The fourth-order valence-corrected chi connectivity index (χ4v) is 1.36. The normalized spacial score (nSPS) is 10.0. The lowest BCUT2D eigenvalue weighted by Crippen LogP contribution is -2.00. The van der Waals surface area contributed by atoms with Gasteiger partial charge in [0.1, 0.15) is 0 Å². The van der Waals surface area contributed by atoms with Crippen molar-refractivity contribution in [2.24, 2.45) is 0 Å². The van der Waals surface area contributed by atoms with Gasteiger partial charge in [0.2, 0.25) is 0 Å². The summed E-state index contributed by atoms with van der Waals surface area (Å²) in [7, 11) is 0. The van der Waals surface area contributed by atoms with Gasteiger partial charge in [0, 0.05) is 6.42 Å². The van der Waals surface area contributed by atoms with E-state index in [1.165, 1.54) is 25.7 Å². The number of unbranched alkanes of at least 4 members (excludes halogenated alkanes) is 4. The summed E-state index contributed by atoms with van der Waals surface area (Å²) in [5.74, 6) is 0.335. The molecule has 0 atom stereocenters. The Labute approximate surface area is 88.6 Å². The van der Waals surface area contributed by atoms with Gasteiger partial charge in [-0.2, -0.15) is 0 Å². The maximum Gasteiger partial charge on any atom is 0.158 e. The maximum absolute atomic E-state index is 11.6. The third-order valence-electron chi connectivity index (χ3n) is 2.68. The van der Waals surface area contributed by atoms with Crippen LogP contribution in [-0.2, 0) is 4.79 Å². The number of rotatable bonds is 7. The molecule has 0 N–H and O–H groups in total. The molecule has 0 heterocycles. The highest BCUT2D eigenvalue weighted by Gasteiger charge is 2.04. The van der Waals surface area contributed by atoms with E-state index in [2.05, 4.69) is 6.92 Å². The van der Waals surface area contributed by atoms with Crippen LogP contribution < -0.4 is 0 Å². The van der Waals surface area contributed by atoms with E-state index in [1.807, 2.05) is 20.8 Å². The number of hydrogen-bond acceptors (Lipinski definition) is 1. The molecular formula is C13H24O. The summed E-state index contributed by atoms with van der Waals surface area (Å²) in [6, 6.07) is 0. The highest BCUT2D eigenvalue weighted by atomic mass is 16.1. The first-order valence-corrected chi connectivity index (χ1v) is 5.76. The minimum atomic E-state index is 0.335. The van der Waals surface area contributed by atoms with Crippen LogP contribution in [0.25, 0.3) is 0 Å². The minimum absolute atomic E-state index is 0.335. The van der Waals surface area contributed by atoms with Crippen LogP contribution in [0.3, 0.4) is 0 Å². The van der Waals surface area contributed by atoms with Gasteiger partial charge in [-0.05, 0) is 32.8 Å². The molecule has 0 spiro atoms. The zero-order valence-corrected chi connectivity index (χ0v) is 10.2. The molecule has 0 bridgehead atoms. The van der Waals surface area contributed by atoms with Crippen molar-refractivity contribution in [2.75, 3.05) is 0 Å². The molecule has 0 aliphatic carbocycles. The van der Waals surface area contributed by atoms with Crippen LogP contribution in [-0.4, -0.2) is 5.78 Å². The maximum atomic E-state index is 11.6. The first-order chi connectivity index (χ1) is 6.59. The van der Waals surface area contributed by atoms with E-state index in [1.54, 1.807) is 0 Å². The second-order valence-corrected chi connectivity index (χ2v) is 4.21. The van der Waals surface area contributed by atoms with E-state index in [-0.39, 0.29) is 0 Å². The molecule has 0 unspecified atom stereocenters. The summed E-state index contributed by atoms with van der Waals surface area (Å²) in [5.41, 5.74) is 2.11. The van der Waals surface area contributed by atoms with E-state index < -0.39 is 0 Å². The Bertz CT molecular complexity index is 197. The Hall–Kier alpha value is -0.590. The fourth-order valence-electron chi connectivity index (χ4n) is 1.36. The van der Waals surface area contributed by atoms with Crippen molar-refractivity contribution in [1.82, 2.24) is 0 Å². The SMILES string of the molecule is CCCCCCCC(=O)C(C)=C(C)C. The summed E-state index contributed by atoms with van der Waals surface area (Å²) >= 11 is 0. The molecule has 0 aliphatic heterocycles. The number of carbonyl (C=O) groups excluding carboxylic acids is 1. The second-order valence-electron chi connectivity index (χ2n) is 4.21. The monoisotopic (exact) mass is 196 g/mol. The van der Waals surface area contributed by atoms with Crippen molar-refractivity contribution in [2.45, 2.75) is 66.2 Å². The number of Topliss-reactive ketones (excluding diaryl/α,β-unsaturated/α-hetero) is 1. The second kappa shape index (κ2) is 7.78. The highest BCUT2D eigenvalue weighted by Crippen LogP contribution is 2.10. The van der Waals surface area contributed by atoms with E-state index >= 15 is 0 Å². The van der Waals surface area contributed by atoms with Crippen molar-refractivity contribution in [3.8, 4) is 0 Å². The van der Waals surface area contributed by atoms with Crippen LogP contribution in [0.1, 0.15) is 66.2 Å². The molecule has 0 fully saturated rings. The Morgan fingerprint density at radius 2 is 1.50 bits per heavy atom. The third-order valence-corrected chi connectivity index (χ3v) is 2.68. The predicted octanol–water partition coefficient (Wildman–Crippen LogP) is 4.27. The molecule has 0 saturated heterocycles. The average molecular weight is 196 g/mol. The van der Waals surface area contributed by atoms with Gasteiger partial charge in [0.25, 0.3) is 0 Å². The summed E-state index contributed by atoms with van der Waals surface area (Å²) in [6.45, 7) is 8.15. The van der Waals surface area contributed by atoms with E-state index in [9.17, 15) is 4.79 Å². The Morgan fingerprint density at radius 3 is 2.00 bits per heavy atom. The van der Waals surface area contributed by atoms with Gasteiger partial charge in [-0.15, -0.1) is 0 Å². The van der Waals surface area contributed by atoms with Crippen molar-refractivity contribution < 1.29 is 4.79 Å². The Morgan fingerprint density at radius 1 is 0.929 bits per heavy atom. The number of carbonyl (C=O) groups is 1. The van der Waals surface area contributed by atoms with E-state index in [4.69, 9.17) is 0 Å². The molecule has 0 rings (SSSR count). The van der Waals surface area contributed by atoms with Crippen LogP contribution in [0.4, 0.5) is 0 Å². The van der Waals surface area contributed by atoms with Crippen LogP contribution in [0, 0.1) is 0 Å². The largest absolute Gasteiger partial charge is 0.295 e. The molecule has 0 radical (unpaired) electrons. The van der Waals surface area contributed by atoms with Crippen LogP contribution in [0.2, 0.25) is 0 Å². The van der Waals surface area contributed by atoms with Gasteiger partial charge in [0.05, 0.1) is 0 Å². The molecule has 0 amide bonds. The van der Waals surface area contributed by atoms with Gasteiger partial charge >= 0.3 is 0 Å². The molecule has 0 aromatic rings. The van der Waals surface area contributed by atoms with Crippen molar-refractivity contribution in [1.29, 1.82) is 0 Å². The van der Waals surface area contributed by atoms with Crippen LogP contribution in [0.15, 0.2) is 11.1 Å². The summed E-state index contributed by atoms with van der Waals surface area (Å²) in [6.07, 6.45) is 6.84. The summed E-state index contributed by atoms with van der Waals surface area (Å²) in [5, 5.41) is 0. The van der Waals surface area contributed by atoms with E-state index in [0.29, 0.717) is 5.78 Å². The highest BCUT2D eigenvalue weighted by molar-refractivity contribution is 5.95. The molecule has 14 heavy (non-hydrogen) atoms. The molecule has 0 aromatic carbocycles. The lowest BCUT2D eigenvalue weighted by molar-refractivity contribution is -0.115. The topological polar surface area (TPSA) is 17.1 Å². The Balaban J connectivity index is 3.60. The van der Waals surface area contributed by atoms with Gasteiger partial charge in [0.15, 0.2) is 5.78 Å². The first kappa shape index (κ1) is 13.4. The van der Waals surface area contributed by atoms with Gasteiger partial charge in [-0.3, -0.25) is 4.79 Å². The zero-order valence-electron chi connectivity index (χ0n) is 10.2. The lowest BCUT2D eigenvalue weighted by atomic mass is 10.0. The number of ketones is 1. The molecule has 0 aliphatic rings. The quantitative estimate of drug-likeness (QED) is 0.439. The predicted molar refractivity (Wildman–Crippen MR) is 62.4 cm³/mol. The smallest absolute Gasteiger partial charge is 0.158 e. The molecule has 82 valence electrons. The average Bonchev–Trinajstić information content (AvgIpc) is 2.16. The Kier molecular flexibility index (Phi) is 7.45. The number of allylic oxidation sites excluding steroid dienone is 2. The lowest BCUT2D eigenvalue weighted by Gasteiger charge is -2.03. The first-order valence-electron chi connectivity index (χ1n) is 5.76. The van der Waals surface area contributed by atoms with Gasteiger partial charge < -0.3 is 0 Å². The number of hydrogen-bond donors (Lipinski definition) is 0. The molecule has 1 nitrogen and oxygen atoms in total. The summed E-state index contributed by atoms with van der Waals surface area (Å²) < 4.78 is 0. The van der Waals surface area contributed by atoms with Gasteiger partial charge in [-0.25, -0.2) is 0 Å². The van der Waals surface area contributed by atoms with Crippen molar-refractivity contribution in [3.05, 3.63) is 11.1 Å². The third kappa shape index (κ3) is 5.95. The van der Waals surface area contributed by atoms with Crippen LogP contribution >= 0.6 is 0 Å². The van der Waals surface area contributed by atoms with Crippen LogP contribution in [0.5, 0.6) is 0 Å². The van der Waals surface area contributed by atoms with E-state index in [0.717, 1.165) is 24.0 Å². The molecule has 1 heteroatoms. The fraction of sp³-hybridized carbons (Fsp3) is 0.769.